The number of hydrogen-bond donors (Lipinski definition) is 1. The summed E-state index contributed by atoms with van der Waals surface area (Å²) in [5.41, 5.74) is 0.0801. The number of H-pyrrole nitrogens is 1. The van der Waals surface area contributed by atoms with Crippen molar-refractivity contribution < 1.29 is 9.47 Å². The molecule has 1 aromatic heterocycles. The van der Waals surface area contributed by atoms with E-state index in [9.17, 15) is 9.59 Å². The molecule has 0 radical (unpaired) electrons. The Kier molecular flexibility index (Phi) is 2.55. The number of nitrogens with zero attached hydrogens (tertiary/aromatic N) is 1. The van der Waals surface area contributed by atoms with Crippen LogP contribution in [0.1, 0.15) is 26.3 Å². The van der Waals surface area contributed by atoms with Gasteiger partial charge >= 0.3 is 5.69 Å². The van der Waals surface area contributed by atoms with Gasteiger partial charge in [0.25, 0.3) is 5.56 Å². The monoisotopic (exact) mass is 264 g/mol. The minimum Gasteiger partial charge on any atom is -0.342 e. The number of hydrogen-bond acceptors (Lipinski definition) is 4. The molecule has 2 aliphatic rings. The Hall–Kier alpha value is -1.66. The average Bonchev–Trinajstić information content (AvgIpc) is 2.75. The molecule has 1 saturated heterocycles. The standard InChI is InChI=1S/C13H16N2O4/c1-7-6-8(11-10(7)18-13(2,3)19-11)15-5-4-9(16)14-12(15)17/h4-5,8,10-11H,1,6H2,2-3H3,(H,14,16,17)/t8-,10-,11+/m1/s1. The fraction of sp³-hybridized carbons (Fsp3) is 0.538. The summed E-state index contributed by atoms with van der Waals surface area (Å²) in [6.45, 7) is 7.67. The van der Waals surface area contributed by atoms with E-state index in [1.807, 2.05) is 13.8 Å². The second kappa shape index (κ2) is 3.91. The number of rotatable bonds is 1. The van der Waals surface area contributed by atoms with Crippen molar-refractivity contribution in [3.63, 3.8) is 0 Å². The zero-order chi connectivity index (χ0) is 13.8. The Balaban J connectivity index is 2.00. The molecule has 1 saturated carbocycles. The molecule has 1 N–H and O–H groups in total. The number of aromatic nitrogens is 2. The van der Waals surface area contributed by atoms with Gasteiger partial charge in [0.05, 0.1) is 6.04 Å². The van der Waals surface area contributed by atoms with E-state index in [-0.39, 0.29) is 18.2 Å². The Bertz CT molecular complexity index is 643. The predicted octanol–water partition coefficient (Wildman–Crippen LogP) is 0.558. The van der Waals surface area contributed by atoms with Gasteiger partial charge in [0, 0.05) is 12.3 Å². The van der Waals surface area contributed by atoms with Crippen molar-refractivity contribution in [1.82, 2.24) is 9.55 Å². The van der Waals surface area contributed by atoms with Crippen LogP contribution in [0.2, 0.25) is 0 Å². The van der Waals surface area contributed by atoms with Crippen LogP contribution in [0.4, 0.5) is 0 Å². The molecular weight excluding hydrogens is 248 g/mol. The fourth-order valence-corrected chi connectivity index (χ4v) is 2.83. The second-order valence-corrected chi connectivity index (χ2v) is 5.47. The minimum absolute atomic E-state index is 0.191. The van der Waals surface area contributed by atoms with E-state index in [1.165, 1.54) is 16.8 Å². The maximum Gasteiger partial charge on any atom is 0.328 e. The van der Waals surface area contributed by atoms with Gasteiger partial charge in [0.15, 0.2) is 5.79 Å². The third-order valence-electron chi connectivity index (χ3n) is 3.59. The van der Waals surface area contributed by atoms with Crippen molar-refractivity contribution in [2.24, 2.45) is 0 Å². The highest BCUT2D eigenvalue weighted by Gasteiger charge is 2.51. The third-order valence-corrected chi connectivity index (χ3v) is 3.59. The zero-order valence-electron chi connectivity index (χ0n) is 10.9. The summed E-state index contributed by atoms with van der Waals surface area (Å²) in [4.78, 5) is 25.2. The van der Waals surface area contributed by atoms with Crippen molar-refractivity contribution >= 4 is 0 Å². The molecule has 1 aliphatic carbocycles. The molecule has 0 amide bonds. The predicted molar refractivity (Wildman–Crippen MR) is 67.9 cm³/mol. The number of fused-ring (bicyclic) bond motifs is 1. The van der Waals surface area contributed by atoms with Crippen molar-refractivity contribution in [3.05, 3.63) is 45.3 Å². The zero-order valence-corrected chi connectivity index (χ0v) is 10.9. The minimum atomic E-state index is -0.678. The van der Waals surface area contributed by atoms with Crippen LogP contribution in [0, 0.1) is 0 Å². The summed E-state index contributed by atoms with van der Waals surface area (Å²) in [7, 11) is 0. The first kappa shape index (κ1) is 12.4. The van der Waals surface area contributed by atoms with E-state index in [0.717, 1.165) is 5.57 Å². The molecule has 102 valence electrons. The molecule has 2 fully saturated rings. The number of aromatic amines is 1. The van der Waals surface area contributed by atoms with Crippen LogP contribution in [0.5, 0.6) is 0 Å². The highest BCUT2D eigenvalue weighted by atomic mass is 16.8. The van der Waals surface area contributed by atoms with Gasteiger partial charge in [-0.25, -0.2) is 4.79 Å². The van der Waals surface area contributed by atoms with E-state index in [2.05, 4.69) is 11.6 Å². The lowest BCUT2D eigenvalue weighted by Crippen LogP contribution is -2.36. The van der Waals surface area contributed by atoms with E-state index in [0.29, 0.717) is 6.42 Å². The van der Waals surface area contributed by atoms with Gasteiger partial charge in [-0.2, -0.15) is 0 Å². The first-order chi connectivity index (χ1) is 8.87. The van der Waals surface area contributed by atoms with Crippen LogP contribution >= 0.6 is 0 Å². The average molecular weight is 264 g/mol. The van der Waals surface area contributed by atoms with Crippen molar-refractivity contribution in [1.29, 1.82) is 0 Å². The largest absolute Gasteiger partial charge is 0.342 e. The van der Waals surface area contributed by atoms with Crippen molar-refractivity contribution in [2.75, 3.05) is 0 Å². The van der Waals surface area contributed by atoms with E-state index >= 15 is 0 Å². The van der Waals surface area contributed by atoms with Crippen LogP contribution in [0.25, 0.3) is 0 Å². The lowest BCUT2D eigenvalue weighted by atomic mass is 10.2. The Labute approximate surface area is 109 Å². The highest BCUT2D eigenvalue weighted by Crippen LogP contribution is 2.45. The second-order valence-electron chi connectivity index (χ2n) is 5.47. The Morgan fingerprint density at radius 3 is 2.84 bits per heavy atom. The molecule has 1 aliphatic heterocycles. The normalized spacial score (nSPS) is 32.5. The van der Waals surface area contributed by atoms with Gasteiger partial charge in [0.2, 0.25) is 0 Å². The van der Waals surface area contributed by atoms with Crippen molar-refractivity contribution in [3.8, 4) is 0 Å². The topological polar surface area (TPSA) is 73.3 Å². The summed E-state index contributed by atoms with van der Waals surface area (Å²) < 4.78 is 13.1. The van der Waals surface area contributed by atoms with E-state index < -0.39 is 17.0 Å². The van der Waals surface area contributed by atoms with Gasteiger partial charge in [0.1, 0.15) is 12.2 Å². The molecule has 1 aromatic rings. The fourth-order valence-electron chi connectivity index (χ4n) is 2.83. The first-order valence-electron chi connectivity index (χ1n) is 6.22. The van der Waals surface area contributed by atoms with Gasteiger partial charge in [-0.15, -0.1) is 0 Å². The Morgan fingerprint density at radius 2 is 2.16 bits per heavy atom. The quantitative estimate of drug-likeness (QED) is 0.752. The summed E-state index contributed by atoms with van der Waals surface area (Å²) in [6, 6.07) is 1.14. The van der Waals surface area contributed by atoms with Crippen LogP contribution in [-0.2, 0) is 9.47 Å². The van der Waals surface area contributed by atoms with Gasteiger partial charge in [-0.1, -0.05) is 6.58 Å². The number of nitrogens with one attached hydrogen (secondary N) is 1. The summed E-state index contributed by atoms with van der Waals surface area (Å²) in [5.74, 6) is -0.678. The maximum absolute atomic E-state index is 11.9. The van der Waals surface area contributed by atoms with Gasteiger partial charge in [-0.3, -0.25) is 14.3 Å². The maximum atomic E-state index is 11.9. The van der Waals surface area contributed by atoms with Crippen LogP contribution in [-0.4, -0.2) is 27.5 Å². The molecular formula is C13H16N2O4. The molecule has 0 spiro atoms. The third kappa shape index (κ3) is 1.97. The molecule has 3 rings (SSSR count). The SMILES string of the molecule is C=C1C[C@@H](n2ccc(=O)[nH]c2=O)[C@@H]2OC(C)(C)O[C@H]12. The lowest BCUT2D eigenvalue weighted by molar-refractivity contribution is -0.151. The molecule has 19 heavy (non-hydrogen) atoms. The summed E-state index contributed by atoms with van der Waals surface area (Å²) >= 11 is 0. The Morgan fingerprint density at radius 1 is 1.42 bits per heavy atom. The van der Waals surface area contributed by atoms with E-state index in [4.69, 9.17) is 9.47 Å². The van der Waals surface area contributed by atoms with E-state index in [1.54, 1.807) is 0 Å². The van der Waals surface area contributed by atoms with Crippen LogP contribution in [0.15, 0.2) is 34.0 Å². The molecule has 2 heterocycles. The smallest absolute Gasteiger partial charge is 0.328 e. The highest BCUT2D eigenvalue weighted by molar-refractivity contribution is 5.19. The molecule has 6 heteroatoms. The van der Waals surface area contributed by atoms with Crippen LogP contribution in [0.3, 0.4) is 0 Å². The lowest BCUT2D eigenvalue weighted by Gasteiger charge is -2.22. The molecule has 6 nitrogen and oxygen atoms in total. The number of ether oxygens (including phenoxy) is 2. The van der Waals surface area contributed by atoms with Gasteiger partial charge in [-0.05, 0) is 25.8 Å². The first-order valence-corrected chi connectivity index (χ1v) is 6.22. The molecule has 3 atom stereocenters. The van der Waals surface area contributed by atoms with Crippen LogP contribution < -0.4 is 11.2 Å². The molecule has 0 unspecified atom stereocenters. The molecule has 0 bridgehead atoms. The summed E-state index contributed by atoms with van der Waals surface area (Å²) in [5, 5.41) is 0. The van der Waals surface area contributed by atoms with Crippen molar-refractivity contribution in [2.45, 2.75) is 44.3 Å². The summed E-state index contributed by atoms with van der Waals surface area (Å²) in [6.07, 6.45) is 1.66. The molecule has 0 aromatic carbocycles. The van der Waals surface area contributed by atoms with Gasteiger partial charge < -0.3 is 9.47 Å².